The van der Waals surface area contributed by atoms with Gasteiger partial charge in [-0.3, -0.25) is 4.18 Å². The largest absolute Gasteiger partial charge is 0.523 e. The number of hydrogen-bond acceptors (Lipinski definition) is 4. The highest BCUT2D eigenvalue weighted by Crippen LogP contribution is 2.25. The molecular formula is C11H16F3NO3S. The Balaban J connectivity index is 0.000000711. The minimum Gasteiger partial charge on any atom is -0.312 e. The molecule has 0 aliphatic heterocycles. The lowest BCUT2D eigenvalue weighted by atomic mass is 10.2. The second-order valence-corrected chi connectivity index (χ2v) is 5.60. The van der Waals surface area contributed by atoms with Gasteiger partial charge in [-0.1, -0.05) is 30.3 Å². The molecule has 1 aromatic rings. The van der Waals surface area contributed by atoms with E-state index in [1.807, 2.05) is 26.0 Å². The van der Waals surface area contributed by atoms with Gasteiger partial charge in [0.15, 0.2) is 0 Å². The molecule has 0 aliphatic rings. The molecule has 1 aromatic carbocycles. The van der Waals surface area contributed by atoms with E-state index in [1.54, 1.807) is 18.2 Å². The van der Waals surface area contributed by atoms with Crippen molar-refractivity contribution in [2.24, 2.45) is 0 Å². The average Bonchev–Trinajstić information content (AvgIpc) is 2.26. The highest BCUT2D eigenvalue weighted by Gasteiger charge is 2.47. The summed E-state index contributed by atoms with van der Waals surface area (Å²) in [6.07, 6.45) is 0. The molecule has 0 unspecified atom stereocenters. The zero-order valence-electron chi connectivity index (χ0n) is 10.8. The number of nitrogens with zero attached hydrogens (tertiary/aromatic N) is 1. The van der Waals surface area contributed by atoms with E-state index in [4.69, 9.17) is 0 Å². The zero-order valence-corrected chi connectivity index (χ0v) is 11.6. The molecule has 0 fully saturated rings. The first-order valence-corrected chi connectivity index (χ1v) is 6.57. The van der Waals surface area contributed by atoms with E-state index in [0.29, 0.717) is 5.56 Å². The Hall–Kier alpha value is -1.12. The molecule has 4 nitrogen and oxygen atoms in total. The lowest BCUT2D eigenvalue weighted by molar-refractivity contribution is -0.0547. The van der Waals surface area contributed by atoms with Crippen molar-refractivity contribution in [3.05, 3.63) is 35.9 Å². The van der Waals surface area contributed by atoms with Crippen LogP contribution in [0.3, 0.4) is 0 Å². The predicted molar refractivity (Wildman–Crippen MR) is 65.8 cm³/mol. The van der Waals surface area contributed by atoms with Gasteiger partial charge in [0.05, 0.1) is 6.61 Å². The Labute approximate surface area is 110 Å². The lowest BCUT2D eigenvalue weighted by Gasteiger charge is -2.07. The summed E-state index contributed by atoms with van der Waals surface area (Å²) in [4.78, 5) is 2.00. The van der Waals surface area contributed by atoms with E-state index in [1.165, 1.54) is 12.1 Å². The summed E-state index contributed by atoms with van der Waals surface area (Å²) in [6.45, 7) is -0.622. The third kappa shape index (κ3) is 7.81. The Bertz CT molecular complexity index is 455. The second kappa shape index (κ2) is 7.46. The van der Waals surface area contributed by atoms with Gasteiger partial charge in [-0.25, -0.2) is 0 Å². The maximum Gasteiger partial charge on any atom is 0.523 e. The summed E-state index contributed by atoms with van der Waals surface area (Å²) < 4.78 is 60.3. The van der Waals surface area contributed by atoms with Crippen LogP contribution in [-0.2, 0) is 20.9 Å². The Morgan fingerprint density at radius 2 is 1.53 bits per heavy atom. The molecule has 0 heterocycles. The van der Waals surface area contributed by atoms with Crippen molar-refractivity contribution in [3.63, 3.8) is 0 Å². The van der Waals surface area contributed by atoms with Gasteiger partial charge >= 0.3 is 15.6 Å². The fourth-order valence-corrected chi connectivity index (χ4v) is 1.21. The Kier molecular flexibility index (Phi) is 7.02. The van der Waals surface area contributed by atoms with Crippen LogP contribution < -0.4 is 0 Å². The normalized spacial score (nSPS) is 11.9. The summed E-state index contributed by atoms with van der Waals surface area (Å²) in [7, 11) is 0.504. The molecule has 0 bridgehead atoms. The molecule has 0 saturated heterocycles. The number of alkyl halides is 3. The van der Waals surface area contributed by atoms with Crippen molar-refractivity contribution in [3.8, 4) is 0 Å². The van der Waals surface area contributed by atoms with Gasteiger partial charge in [0.1, 0.15) is 0 Å². The molecule has 0 amide bonds. The number of halogens is 3. The quantitative estimate of drug-likeness (QED) is 0.634. The fourth-order valence-electron chi connectivity index (χ4n) is 0.787. The summed E-state index contributed by atoms with van der Waals surface area (Å²) in [6, 6.07) is 7.72. The van der Waals surface area contributed by atoms with Crippen molar-refractivity contribution < 1.29 is 25.8 Å². The second-order valence-electron chi connectivity index (χ2n) is 3.99. The third-order valence-electron chi connectivity index (χ3n) is 1.51. The lowest BCUT2D eigenvalue weighted by Crippen LogP contribution is -2.25. The van der Waals surface area contributed by atoms with Gasteiger partial charge in [0, 0.05) is 0 Å². The minimum absolute atomic E-state index is 0.352. The van der Waals surface area contributed by atoms with E-state index in [0.717, 1.165) is 0 Å². The van der Waals surface area contributed by atoms with Crippen molar-refractivity contribution in [2.75, 3.05) is 21.1 Å². The maximum atomic E-state index is 11.8. The van der Waals surface area contributed by atoms with Crippen LogP contribution in [0.2, 0.25) is 0 Å². The summed E-state index contributed by atoms with van der Waals surface area (Å²) >= 11 is 0. The Morgan fingerprint density at radius 1 is 1.11 bits per heavy atom. The van der Waals surface area contributed by atoms with Gasteiger partial charge in [-0.2, -0.15) is 21.6 Å². The topological polar surface area (TPSA) is 46.6 Å². The van der Waals surface area contributed by atoms with Crippen molar-refractivity contribution >= 4 is 10.1 Å². The van der Waals surface area contributed by atoms with Crippen molar-refractivity contribution in [1.29, 1.82) is 0 Å². The zero-order chi connectivity index (χ0) is 15.1. The van der Waals surface area contributed by atoms with E-state index in [-0.39, 0.29) is 0 Å². The van der Waals surface area contributed by atoms with Crippen LogP contribution in [0.4, 0.5) is 13.2 Å². The first-order chi connectivity index (χ1) is 8.56. The van der Waals surface area contributed by atoms with Crippen molar-refractivity contribution in [2.45, 2.75) is 12.1 Å². The Morgan fingerprint density at radius 3 is 1.89 bits per heavy atom. The molecule has 0 aliphatic carbocycles. The number of benzene rings is 1. The summed E-state index contributed by atoms with van der Waals surface area (Å²) in [5.41, 5.74) is -5.02. The van der Waals surface area contributed by atoms with E-state index in [2.05, 4.69) is 4.18 Å². The van der Waals surface area contributed by atoms with E-state index < -0.39 is 22.2 Å². The van der Waals surface area contributed by atoms with Crippen LogP contribution in [0.5, 0.6) is 0 Å². The van der Waals surface area contributed by atoms with Crippen LogP contribution in [0.25, 0.3) is 0 Å². The maximum absolute atomic E-state index is 11.8. The van der Waals surface area contributed by atoms with Crippen LogP contribution in [-0.4, -0.2) is 40.0 Å². The highest BCUT2D eigenvalue weighted by molar-refractivity contribution is 7.87. The molecule has 0 atom stereocenters. The number of rotatable bonds is 3. The monoisotopic (exact) mass is 299 g/mol. The molecule has 19 heavy (non-hydrogen) atoms. The minimum atomic E-state index is -5.50. The molecule has 0 spiro atoms. The van der Waals surface area contributed by atoms with Gasteiger partial charge < -0.3 is 4.90 Å². The van der Waals surface area contributed by atoms with Crippen LogP contribution in [0, 0.1) is 0 Å². The first kappa shape index (κ1) is 17.9. The predicted octanol–water partition coefficient (Wildman–Crippen LogP) is 2.23. The molecule has 0 N–H and O–H groups in total. The smallest absolute Gasteiger partial charge is 0.312 e. The van der Waals surface area contributed by atoms with E-state index in [9.17, 15) is 21.6 Å². The van der Waals surface area contributed by atoms with Gasteiger partial charge in [-0.05, 0) is 26.7 Å². The van der Waals surface area contributed by atoms with Gasteiger partial charge in [0.2, 0.25) is 0 Å². The standard InChI is InChI=1S/C8H7F3O3S.C3H9N/c9-8(10,11)15(12,13)14-6-7-4-2-1-3-5-7;1-4(2)3/h1-5H,6H2;1-3H3. The van der Waals surface area contributed by atoms with Gasteiger partial charge in [-0.15, -0.1) is 0 Å². The van der Waals surface area contributed by atoms with Crippen LogP contribution >= 0.6 is 0 Å². The molecule has 8 heteroatoms. The SMILES string of the molecule is CN(C)C.O=S(=O)(OCc1ccccc1)C(F)(F)F. The van der Waals surface area contributed by atoms with Crippen LogP contribution in [0.1, 0.15) is 5.56 Å². The number of hydrogen-bond donors (Lipinski definition) is 0. The van der Waals surface area contributed by atoms with Crippen LogP contribution in [0.15, 0.2) is 30.3 Å². The summed E-state index contributed by atoms with van der Waals surface area (Å²) in [5, 5.41) is 0. The van der Waals surface area contributed by atoms with Crippen molar-refractivity contribution in [1.82, 2.24) is 4.90 Å². The molecule has 0 radical (unpaired) electrons. The molecule has 1 rings (SSSR count). The molecule has 0 saturated carbocycles. The average molecular weight is 299 g/mol. The van der Waals surface area contributed by atoms with Gasteiger partial charge in [0.25, 0.3) is 0 Å². The first-order valence-electron chi connectivity index (χ1n) is 5.17. The molecule has 0 aromatic heterocycles. The summed E-state index contributed by atoms with van der Waals surface area (Å²) in [5.74, 6) is 0. The third-order valence-corrected chi connectivity index (χ3v) is 2.50. The molecular weight excluding hydrogens is 283 g/mol. The highest BCUT2D eigenvalue weighted by atomic mass is 32.2. The molecule has 110 valence electrons. The fraction of sp³-hybridized carbons (Fsp3) is 0.455. The van der Waals surface area contributed by atoms with E-state index >= 15 is 0 Å².